The lowest BCUT2D eigenvalue weighted by Crippen LogP contribution is -1.93. The van der Waals surface area contributed by atoms with E-state index in [2.05, 4.69) is 25.0 Å². The molecule has 0 spiro atoms. The third-order valence-corrected chi connectivity index (χ3v) is 2.33. The second kappa shape index (κ2) is 3.93. The predicted octanol–water partition coefficient (Wildman–Crippen LogP) is 2.54. The van der Waals surface area contributed by atoms with Crippen molar-refractivity contribution in [1.29, 1.82) is 0 Å². The molecule has 2 aromatic heterocycles. The van der Waals surface area contributed by atoms with Crippen LogP contribution in [-0.2, 0) is 6.42 Å². The summed E-state index contributed by atoms with van der Waals surface area (Å²) in [5.41, 5.74) is 2.02. The van der Waals surface area contributed by atoms with Gasteiger partial charge in [-0.1, -0.05) is 13.8 Å². The van der Waals surface area contributed by atoms with Gasteiger partial charge in [-0.15, -0.1) is 0 Å². The van der Waals surface area contributed by atoms with Crippen molar-refractivity contribution >= 4 is 5.65 Å². The molecule has 0 radical (unpaired) electrons. The number of imidazole rings is 1. The molecule has 0 saturated heterocycles. The number of hydrogen-bond acceptors (Lipinski definition) is 2. The van der Waals surface area contributed by atoms with Crippen LogP contribution in [0.5, 0.6) is 5.75 Å². The number of hydrogen-bond donors (Lipinski definition) is 0. The van der Waals surface area contributed by atoms with Crippen LogP contribution >= 0.6 is 0 Å². The van der Waals surface area contributed by atoms with Crippen LogP contribution in [0.3, 0.4) is 0 Å². The molecule has 0 atom stereocenters. The molecular formula is C12H16N2O. The van der Waals surface area contributed by atoms with Crippen LogP contribution in [0.1, 0.15) is 19.5 Å². The van der Waals surface area contributed by atoms with Gasteiger partial charge in [0.25, 0.3) is 0 Å². The number of pyridine rings is 1. The summed E-state index contributed by atoms with van der Waals surface area (Å²) in [5.74, 6) is 1.45. The quantitative estimate of drug-likeness (QED) is 0.768. The summed E-state index contributed by atoms with van der Waals surface area (Å²) >= 11 is 0. The SMILES string of the molecule is COc1cccn2cc(CC(C)C)nc12. The minimum absolute atomic E-state index is 0.626. The van der Waals surface area contributed by atoms with Gasteiger partial charge in [-0.05, 0) is 24.5 Å². The molecule has 2 rings (SSSR count). The van der Waals surface area contributed by atoms with Crippen LogP contribution in [0.4, 0.5) is 0 Å². The molecule has 2 heterocycles. The van der Waals surface area contributed by atoms with Crippen LogP contribution in [-0.4, -0.2) is 16.5 Å². The molecule has 0 aliphatic carbocycles. The Morgan fingerprint density at radius 2 is 2.27 bits per heavy atom. The van der Waals surface area contributed by atoms with E-state index in [1.165, 1.54) is 0 Å². The molecule has 3 heteroatoms. The van der Waals surface area contributed by atoms with Crippen molar-refractivity contribution in [2.45, 2.75) is 20.3 Å². The zero-order chi connectivity index (χ0) is 10.8. The van der Waals surface area contributed by atoms with Crippen LogP contribution in [0, 0.1) is 5.92 Å². The van der Waals surface area contributed by atoms with Crippen molar-refractivity contribution < 1.29 is 4.74 Å². The second-order valence-electron chi connectivity index (χ2n) is 4.14. The summed E-state index contributed by atoms with van der Waals surface area (Å²) in [6.45, 7) is 4.39. The van der Waals surface area contributed by atoms with Crippen molar-refractivity contribution in [3.8, 4) is 5.75 Å². The van der Waals surface area contributed by atoms with E-state index in [9.17, 15) is 0 Å². The number of rotatable bonds is 3. The highest BCUT2D eigenvalue weighted by molar-refractivity contribution is 5.54. The first-order chi connectivity index (χ1) is 7.20. The molecule has 0 bridgehead atoms. The highest BCUT2D eigenvalue weighted by Crippen LogP contribution is 2.19. The van der Waals surface area contributed by atoms with Crippen molar-refractivity contribution in [1.82, 2.24) is 9.38 Å². The topological polar surface area (TPSA) is 26.5 Å². The number of methoxy groups -OCH3 is 1. The molecule has 3 nitrogen and oxygen atoms in total. The standard InChI is InChI=1S/C12H16N2O/c1-9(2)7-10-8-14-6-4-5-11(15-3)12(14)13-10/h4-6,8-9H,7H2,1-3H3. The van der Waals surface area contributed by atoms with Crippen LogP contribution < -0.4 is 4.74 Å². The van der Waals surface area contributed by atoms with Crippen molar-refractivity contribution in [3.63, 3.8) is 0 Å². The van der Waals surface area contributed by atoms with E-state index in [-0.39, 0.29) is 0 Å². The maximum absolute atomic E-state index is 5.26. The van der Waals surface area contributed by atoms with Gasteiger partial charge in [-0.25, -0.2) is 4.98 Å². The van der Waals surface area contributed by atoms with Gasteiger partial charge in [0.05, 0.1) is 12.8 Å². The third-order valence-electron chi connectivity index (χ3n) is 2.33. The summed E-state index contributed by atoms with van der Waals surface area (Å²) < 4.78 is 7.27. The monoisotopic (exact) mass is 204 g/mol. The molecule has 0 amide bonds. The molecule has 0 fully saturated rings. The lowest BCUT2D eigenvalue weighted by molar-refractivity contribution is 0.417. The maximum atomic E-state index is 5.26. The lowest BCUT2D eigenvalue weighted by Gasteiger charge is -1.99. The van der Waals surface area contributed by atoms with E-state index >= 15 is 0 Å². The summed E-state index contributed by atoms with van der Waals surface area (Å²) in [4.78, 5) is 4.56. The van der Waals surface area contributed by atoms with Gasteiger partial charge >= 0.3 is 0 Å². The Morgan fingerprint density at radius 3 is 2.93 bits per heavy atom. The fourth-order valence-electron chi connectivity index (χ4n) is 1.71. The highest BCUT2D eigenvalue weighted by atomic mass is 16.5. The Hall–Kier alpha value is -1.51. The second-order valence-corrected chi connectivity index (χ2v) is 4.14. The first-order valence-electron chi connectivity index (χ1n) is 5.21. The minimum atomic E-state index is 0.626. The molecule has 0 aromatic carbocycles. The number of fused-ring (bicyclic) bond motifs is 1. The fraction of sp³-hybridized carbons (Fsp3) is 0.417. The number of aromatic nitrogens is 2. The summed E-state index contributed by atoms with van der Waals surface area (Å²) in [5, 5.41) is 0. The molecule has 80 valence electrons. The minimum Gasteiger partial charge on any atom is -0.493 e. The largest absolute Gasteiger partial charge is 0.493 e. The third kappa shape index (κ3) is 1.96. The number of nitrogens with zero attached hydrogens (tertiary/aromatic N) is 2. The Morgan fingerprint density at radius 1 is 1.47 bits per heavy atom. The van der Waals surface area contributed by atoms with Crippen molar-refractivity contribution in [3.05, 3.63) is 30.2 Å². The van der Waals surface area contributed by atoms with E-state index in [0.717, 1.165) is 23.5 Å². The number of ether oxygens (including phenoxy) is 1. The van der Waals surface area contributed by atoms with E-state index in [0.29, 0.717) is 5.92 Å². The Balaban J connectivity index is 2.45. The smallest absolute Gasteiger partial charge is 0.179 e. The molecule has 15 heavy (non-hydrogen) atoms. The Labute approximate surface area is 89.7 Å². The fourth-order valence-corrected chi connectivity index (χ4v) is 1.71. The zero-order valence-corrected chi connectivity index (χ0v) is 9.40. The molecule has 0 N–H and O–H groups in total. The molecule has 0 unspecified atom stereocenters. The zero-order valence-electron chi connectivity index (χ0n) is 9.40. The van der Waals surface area contributed by atoms with E-state index in [1.54, 1.807) is 7.11 Å². The predicted molar refractivity (Wildman–Crippen MR) is 60.3 cm³/mol. The van der Waals surface area contributed by atoms with Gasteiger partial charge in [-0.3, -0.25) is 0 Å². The van der Waals surface area contributed by atoms with Crippen molar-refractivity contribution in [2.75, 3.05) is 7.11 Å². The Bertz CT molecular complexity index is 460. The van der Waals surface area contributed by atoms with Gasteiger partial charge < -0.3 is 9.14 Å². The summed E-state index contributed by atoms with van der Waals surface area (Å²) in [6.07, 6.45) is 5.07. The lowest BCUT2D eigenvalue weighted by atomic mass is 10.1. The summed E-state index contributed by atoms with van der Waals surface area (Å²) in [7, 11) is 1.67. The molecule has 0 aliphatic rings. The van der Waals surface area contributed by atoms with E-state index < -0.39 is 0 Å². The van der Waals surface area contributed by atoms with Gasteiger partial charge in [-0.2, -0.15) is 0 Å². The highest BCUT2D eigenvalue weighted by Gasteiger charge is 2.07. The van der Waals surface area contributed by atoms with E-state index in [1.807, 2.05) is 22.7 Å². The van der Waals surface area contributed by atoms with Gasteiger partial charge in [0.1, 0.15) is 0 Å². The normalized spacial score (nSPS) is 11.2. The van der Waals surface area contributed by atoms with E-state index in [4.69, 9.17) is 4.74 Å². The average molecular weight is 204 g/mol. The first-order valence-corrected chi connectivity index (χ1v) is 5.21. The Kier molecular flexibility index (Phi) is 2.62. The average Bonchev–Trinajstić information content (AvgIpc) is 2.58. The molecule has 0 saturated carbocycles. The molecule has 0 aliphatic heterocycles. The first kappa shape index (κ1) is 10.0. The maximum Gasteiger partial charge on any atom is 0.179 e. The van der Waals surface area contributed by atoms with Gasteiger partial charge in [0.15, 0.2) is 11.4 Å². The van der Waals surface area contributed by atoms with Crippen molar-refractivity contribution in [2.24, 2.45) is 5.92 Å². The van der Waals surface area contributed by atoms with Gasteiger partial charge in [0, 0.05) is 12.4 Å². The van der Waals surface area contributed by atoms with Crippen LogP contribution in [0.25, 0.3) is 5.65 Å². The van der Waals surface area contributed by atoms with Gasteiger partial charge in [0.2, 0.25) is 0 Å². The summed E-state index contributed by atoms with van der Waals surface area (Å²) in [6, 6.07) is 3.90. The van der Waals surface area contributed by atoms with Crippen LogP contribution in [0.2, 0.25) is 0 Å². The molecule has 2 aromatic rings. The van der Waals surface area contributed by atoms with Crippen LogP contribution in [0.15, 0.2) is 24.5 Å². The molecular weight excluding hydrogens is 188 g/mol.